The fourth-order valence-corrected chi connectivity index (χ4v) is 14.6. The lowest BCUT2D eigenvalue weighted by Crippen LogP contribution is -2.29. The molecule has 0 aromatic heterocycles. The van der Waals surface area contributed by atoms with Gasteiger partial charge in [-0.1, -0.05) is 123 Å². The number of rotatable bonds is 2. The molecule has 0 radical (unpaired) electrons. The van der Waals surface area contributed by atoms with Crippen LogP contribution in [-0.4, -0.2) is 0 Å². The summed E-state index contributed by atoms with van der Waals surface area (Å²) in [5.41, 5.74) is 6.37. The largest absolute Gasteiger partial charge is 0.0804 e. The van der Waals surface area contributed by atoms with Gasteiger partial charge in [0.15, 0.2) is 0 Å². The van der Waals surface area contributed by atoms with Crippen molar-refractivity contribution in [2.24, 2.45) is 23.7 Å². The van der Waals surface area contributed by atoms with E-state index in [-0.39, 0.29) is 0 Å². The van der Waals surface area contributed by atoms with Crippen molar-refractivity contribution in [3.63, 3.8) is 0 Å². The van der Waals surface area contributed by atoms with Gasteiger partial charge in [-0.3, -0.25) is 0 Å². The number of fused-ring (bicyclic) bond motifs is 6. The van der Waals surface area contributed by atoms with Gasteiger partial charge in [-0.25, -0.2) is 0 Å². The third-order valence-electron chi connectivity index (χ3n) is 11.5. The second-order valence-corrected chi connectivity index (χ2v) is 19.3. The fourth-order valence-electron chi connectivity index (χ4n) is 9.17. The van der Waals surface area contributed by atoms with E-state index in [9.17, 15) is 0 Å². The molecule has 0 amide bonds. The van der Waals surface area contributed by atoms with Gasteiger partial charge in [0.1, 0.15) is 0 Å². The lowest BCUT2D eigenvalue weighted by molar-refractivity contribution is 0.287. The second-order valence-electron chi connectivity index (χ2n) is 14.6. The predicted octanol–water partition coefficient (Wildman–Crippen LogP) is 13.0. The van der Waals surface area contributed by atoms with Crippen molar-refractivity contribution in [1.82, 2.24) is 0 Å². The van der Waals surface area contributed by atoms with Crippen molar-refractivity contribution in [2.45, 2.75) is 83.8 Å². The van der Waals surface area contributed by atoms with E-state index in [0.29, 0.717) is 23.7 Å². The van der Waals surface area contributed by atoms with Crippen LogP contribution in [0.1, 0.15) is 86.5 Å². The summed E-state index contributed by atoms with van der Waals surface area (Å²) in [5, 5.41) is 5.66. The lowest BCUT2D eigenvalue weighted by Gasteiger charge is -2.42. The summed E-state index contributed by atoms with van der Waals surface area (Å²) >= 11 is 7.97. The van der Waals surface area contributed by atoms with Crippen LogP contribution in [0, 0.1) is 23.7 Å². The smallest absolute Gasteiger partial charge is 0.0706 e. The molecule has 2 heterocycles. The van der Waals surface area contributed by atoms with Gasteiger partial charge < -0.3 is 0 Å². The number of thioether (sulfide) groups is 4. The van der Waals surface area contributed by atoms with Gasteiger partial charge >= 0.3 is 0 Å². The molecule has 0 N–H and O–H groups in total. The van der Waals surface area contributed by atoms with Crippen molar-refractivity contribution in [2.75, 3.05) is 0 Å². The number of hydrogen-bond acceptors (Lipinski definition) is 4. The first kappa shape index (κ1) is 27.2. The van der Waals surface area contributed by atoms with Crippen molar-refractivity contribution in [3.05, 3.63) is 104 Å². The third-order valence-corrected chi connectivity index (χ3v) is 17.1. The molecule has 6 unspecified atom stereocenters. The minimum absolute atomic E-state index is 0.585. The molecule has 0 saturated carbocycles. The molecule has 44 heavy (non-hydrogen) atoms. The molecule has 2 aliphatic heterocycles. The van der Waals surface area contributed by atoms with Crippen LogP contribution in [0.4, 0.5) is 0 Å². The normalized spacial score (nSPS) is 30.6. The monoisotopic (exact) mass is 644 g/mol. The Kier molecular flexibility index (Phi) is 6.03. The summed E-state index contributed by atoms with van der Waals surface area (Å²) in [6.07, 6.45) is 12.6. The molecule has 0 spiro atoms. The van der Waals surface area contributed by atoms with Crippen molar-refractivity contribution in [1.29, 1.82) is 0 Å². The molecular formula is C40H36S4. The van der Waals surface area contributed by atoms with E-state index in [4.69, 9.17) is 0 Å². The van der Waals surface area contributed by atoms with Crippen LogP contribution in [0.25, 0.3) is 21.5 Å². The summed E-state index contributed by atoms with van der Waals surface area (Å²) in [4.78, 5) is 5.72. The van der Waals surface area contributed by atoms with Gasteiger partial charge in [0.2, 0.25) is 0 Å². The lowest BCUT2D eigenvalue weighted by atomic mass is 9.62. The van der Waals surface area contributed by atoms with Gasteiger partial charge in [-0.2, -0.15) is 0 Å². The highest BCUT2D eigenvalue weighted by Gasteiger charge is 2.39. The Balaban J connectivity index is 0.972. The quantitative estimate of drug-likeness (QED) is 0.199. The third kappa shape index (κ3) is 3.96. The summed E-state index contributed by atoms with van der Waals surface area (Å²) in [6, 6.07) is 20.1. The predicted molar refractivity (Wildman–Crippen MR) is 193 cm³/mol. The van der Waals surface area contributed by atoms with Crippen molar-refractivity contribution in [3.8, 4) is 0 Å². The van der Waals surface area contributed by atoms with E-state index in [1.54, 1.807) is 22.3 Å². The Morgan fingerprint density at radius 3 is 1.14 bits per heavy atom. The fraction of sp³-hybridized carbons (Fsp3) is 0.350. The molecule has 8 aliphatic rings. The molecule has 0 nitrogen and oxygen atoms in total. The number of allylic oxidation sites excluding steroid dienone is 4. The Hall–Kier alpha value is -1.98. The van der Waals surface area contributed by atoms with Gasteiger partial charge in [0, 0.05) is 43.3 Å². The molecule has 6 atom stereocenters. The van der Waals surface area contributed by atoms with Crippen molar-refractivity contribution >= 4 is 68.6 Å². The molecule has 220 valence electrons. The highest BCUT2D eigenvalue weighted by Crippen LogP contribution is 2.63. The van der Waals surface area contributed by atoms with Gasteiger partial charge in [0.25, 0.3) is 0 Å². The second kappa shape index (κ2) is 9.77. The summed E-state index contributed by atoms with van der Waals surface area (Å²) in [6.45, 7) is 9.63. The van der Waals surface area contributed by atoms with E-state index in [1.807, 2.05) is 47.0 Å². The molecule has 0 fully saturated rings. The van der Waals surface area contributed by atoms with Crippen LogP contribution in [0.3, 0.4) is 0 Å². The molecule has 0 saturated heterocycles. The van der Waals surface area contributed by atoms with Crippen LogP contribution in [0.2, 0.25) is 0 Å². The van der Waals surface area contributed by atoms with E-state index < -0.39 is 0 Å². The van der Waals surface area contributed by atoms with E-state index in [1.165, 1.54) is 62.4 Å². The highest BCUT2D eigenvalue weighted by molar-refractivity contribution is 8.30. The molecule has 12 rings (SSSR count). The summed E-state index contributed by atoms with van der Waals surface area (Å²) in [5.74, 6) is 5.36. The van der Waals surface area contributed by atoms with E-state index in [0.717, 1.165) is 23.7 Å². The SMILES string of the molecule is CC(C)C1CC2C=CC1c1cc3cc4c(cc3cc12)SC(=C1Sc2cc3cc5c(cc3cc2S1)C1C=CC5CC1C(C)C)S4. The van der Waals surface area contributed by atoms with Crippen molar-refractivity contribution < 1.29 is 0 Å². The molecule has 4 bridgehead atoms. The zero-order chi connectivity index (χ0) is 29.4. The first-order chi connectivity index (χ1) is 21.4. The maximum Gasteiger partial charge on any atom is 0.0706 e. The van der Waals surface area contributed by atoms with E-state index in [2.05, 4.69) is 101 Å². The Labute approximate surface area is 278 Å². The Bertz CT molecular complexity index is 1880. The van der Waals surface area contributed by atoms with Crippen LogP contribution >= 0.6 is 47.0 Å². The molecule has 6 aliphatic carbocycles. The summed E-state index contributed by atoms with van der Waals surface area (Å²) < 4.78 is 2.91. The highest BCUT2D eigenvalue weighted by atomic mass is 32.2. The molecule has 4 aromatic rings. The number of hydrogen-bond donors (Lipinski definition) is 0. The minimum atomic E-state index is 0.585. The van der Waals surface area contributed by atoms with Gasteiger partial charge in [-0.15, -0.1) is 0 Å². The Morgan fingerprint density at radius 2 is 0.795 bits per heavy atom. The maximum absolute atomic E-state index is 2.54. The first-order valence-electron chi connectivity index (χ1n) is 16.4. The zero-order valence-corrected chi connectivity index (χ0v) is 28.9. The zero-order valence-electron chi connectivity index (χ0n) is 25.6. The molecule has 4 aromatic carbocycles. The van der Waals surface area contributed by atoms with Crippen LogP contribution < -0.4 is 0 Å². The first-order valence-corrected chi connectivity index (χ1v) is 19.7. The van der Waals surface area contributed by atoms with Crippen LogP contribution in [0.15, 0.2) is 101 Å². The average Bonchev–Trinajstić information content (AvgIpc) is 3.64. The van der Waals surface area contributed by atoms with Gasteiger partial charge in [0.05, 0.1) is 8.47 Å². The van der Waals surface area contributed by atoms with Gasteiger partial charge in [-0.05, 0) is 105 Å². The summed E-state index contributed by atoms with van der Waals surface area (Å²) in [7, 11) is 0. The minimum Gasteiger partial charge on any atom is -0.0804 e. The topological polar surface area (TPSA) is 0 Å². The Morgan fingerprint density at radius 1 is 0.455 bits per heavy atom. The molecule has 4 heteroatoms. The van der Waals surface area contributed by atoms with E-state index >= 15 is 0 Å². The number of benzene rings is 4. The molecular weight excluding hydrogens is 609 g/mol. The maximum atomic E-state index is 2.54. The standard InChI is InChI=1S/C40H36S4/c1-19(2)29-9-21-5-7-27(29)33-13-25-17-37-35(15-23(25)11-31(21)33)41-39(43-37)40-42-36-16-24-12-32-22-6-8-28(30(10-22)20(3)4)34(32)14-26(24)18-38(36)44-40/h5-8,11-22,27-30H,9-10H2,1-4H3. The van der Waals surface area contributed by atoms with Crippen LogP contribution in [0.5, 0.6) is 0 Å². The average molecular weight is 645 g/mol. The van der Waals surface area contributed by atoms with Crippen LogP contribution in [-0.2, 0) is 0 Å².